The van der Waals surface area contributed by atoms with Crippen molar-refractivity contribution in [1.82, 2.24) is 0 Å². The Labute approximate surface area is 143 Å². The van der Waals surface area contributed by atoms with E-state index in [1.54, 1.807) is 0 Å². The third-order valence-corrected chi connectivity index (χ3v) is 4.31. The fourth-order valence-electron chi connectivity index (χ4n) is 3.17. The zero-order valence-electron chi connectivity index (χ0n) is 13.4. The van der Waals surface area contributed by atoms with Crippen molar-refractivity contribution in [2.75, 3.05) is 0 Å². The van der Waals surface area contributed by atoms with Crippen LogP contribution in [0.1, 0.15) is 5.56 Å². The normalized spacial score (nSPS) is 15.8. The van der Waals surface area contributed by atoms with Crippen molar-refractivity contribution in [2.24, 2.45) is 0 Å². The summed E-state index contributed by atoms with van der Waals surface area (Å²) in [5.74, 6) is 0. The van der Waals surface area contributed by atoms with Crippen molar-refractivity contribution in [2.45, 2.75) is 0 Å². The minimum atomic E-state index is 1.24. The molecule has 0 radical (unpaired) electrons. The van der Waals surface area contributed by atoms with Crippen LogP contribution in [-0.4, -0.2) is 0 Å². The highest BCUT2D eigenvalue weighted by molar-refractivity contribution is 5.93. The summed E-state index contributed by atoms with van der Waals surface area (Å²) in [6.45, 7) is 0. The van der Waals surface area contributed by atoms with Crippen LogP contribution < -0.4 is 0 Å². The van der Waals surface area contributed by atoms with Gasteiger partial charge in [0.05, 0.1) is 0 Å². The van der Waals surface area contributed by atoms with Gasteiger partial charge in [0.15, 0.2) is 0 Å². The summed E-state index contributed by atoms with van der Waals surface area (Å²) >= 11 is 0. The average molecular weight is 306 g/mol. The standard InChI is InChI=1S/C24H18/c1-3-11-19(12-4-1)22-16-9-10-18-24(22)23-17-8-7-14-20-13-5-2-6-15-21(20)23/h1-18H. The molecule has 0 nitrogen and oxygen atoms in total. The highest BCUT2D eigenvalue weighted by atomic mass is 14.2. The molecule has 24 heavy (non-hydrogen) atoms. The van der Waals surface area contributed by atoms with Gasteiger partial charge in [-0.1, -0.05) is 109 Å². The third kappa shape index (κ3) is 2.75. The number of fused-ring (bicyclic) bond motifs is 1. The van der Waals surface area contributed by atoms with Crippen molar-refractivity contribution < 1.29 is 0 Å². The van der Waals surface area contributed by atoms with E-state index in [9.17, 15) is 0 Å². The Morgan fingerprint density at radius 1 is 0.458 bits per heavy atom. The molecule has 0 atom stereocenters. The number of hydrogen-bond donors (Lipinski definition) is 0. The van der Waals surface area contributed by atoms with Crippen molar-refractivity contribution in [1.29, 1.82) is 0 Å². The summed E-state index contributed by atoms with van der Waals surface area (Å²) in [6, 6.07) is 19.2. The first-order valence-corrected chi connectivity index (χ1v) is 8.23. The Morgan fingerprint density at radius 3 is 2.00 bits per heavy atom. The second kappa shape index (κ2) is 6.55. The molecule has 0 fully saturated rings. The van der Waals surface area contributed by atoms with Gasteiger partial charge in [0.2, 0.25) is 0 Å². The summed E-state index contributed by atoms with van der Waals surface area (Å²) in [5.41, 5.74) is 7.52. The monoisotopic (exact) mass is 306 g/mol. The molecule has 0 saturated heterocycles. The van der Waals surface area contributed by atoms with Gasteiger partial charge in [0.25, 0.3) is 0 Å². The van der Waals surface area contributed by atoms with E-state index in [4.69, 9.17) is 0 Å². The first-order chi connectivity index (χ1) is 11.9. The van der Waals surface area contributed by atoms with Gasteiger partial charge >= 0.3 is 0 Å². The van der Waals surface area contributed by atoms with Crippen LogP contribution in [0.5, 0.6) is 0 Å². The van der Waals surface area contributed by atoms with Crippen molar-refractivity contribution >= 4 is 5.57 Å². The van der Waals surface area contributed by atoms with Crippen LogP contribution in [0.4, 0.5) is 0 Å². The predicted molar refractivity (Wildman–Crippen MR) is 103 cm³/mol. The molecule has 4 rings (SSSR count). The van der Waals surface area contributed by atoms with Crippen molar-refractivity contribution in [3.05, 3.63) is 126 Å². The van der Waals surface area contributed by atoms with Crippen LogP contribution in [0.25, 0.3) is 16.7 Å². The summed E-state index contributed by atoms with van der Waals surface area (Å²) in [6.07, 6.45) is 19.3. The number of hydrogen-bond acceptors (Lipinski definition) is 0. The molecule has 2 aromatic carbocycles. The Balaban J connectivity index is 1.91. The number of allylic oxidation sites excluding steroid dienone is 12. The van der Waals surface area contributed by atoms with Gasteiger partial charge in [-0.2, -0.15) is 0 Å². The first-order valence-electron chi connectivity index (χ1n) is 8.23. The van der Waals surface area contributed by atoms with Gasteiger partial charge in [-0.15, -0.1) is 0 Å². The maximum Gasteiger partial charge on any atom is -0.00992 e. The van der Waals surface area contributed by atoms with Gasteiger partial charge in [0, 0.05) is 0 Å². The van der Waals surface area contributed by atoms with E-state index in [-0.39, 0.29) is 0 Å². The van der Waals surface area contributed by atoms with Crippen LogP contribution in [0.2, 0.25) is 0 Å². The zero-order valence-corrected chi connectivity index (χ0v) is 13.4. The number of rotatable bonds is 2. The van der Waals surface area contributed by atoms with E-state index in [0.29, 0.717) is 0 Å². The van der Waals surface area contributed by atoms with Crippen LogP contribution in [0, 0.1) is 0 Å². The molecule has 0 aromatic heterocycles. The average Bonchev–Trinajstić information content (AvgIpc) is 2.98. The van der Waals surface area contributed by atoms with Gasteiger partial charge in [-0.25, -0.2) is 0 Å². The molecule has 0 unspecified atom stereocenters. The topological polar surface area (TPSA) is 0 Å². The Kier molecular flexibility index (Phi) is 3.95. The van der Waals surface area contributed by atoms with Gasteiger partial charge in [-0.3, -0.25) is 0 Å². The van der Waals surface area contributed by atoms with Gasteiger partial charge in [0.1, 0.15) is 0 Å². The molecule has 0 saturated carbocycles. The lowest BCUT2D eigenvalue weighted by atomic mass is 9.87. The zero-order chi connectivity index (χ0) is 16.2. The third-order valence-electron chi connectivity index (χ3n) is 4.31. The molecule has 0 aliphatic heterocycles. The summed E-state index contributed by atoms with van der Waals surface area (Å²) < 4.78 is 0. The predicted octanol–water partition coefficient (Wildman–Crippen LogP) is 6.29. The largest absolute Gasteiger partial charge is 0.0622 e. The van der Waals surface area contributed by atoms with Crippen LogP contribution in [0.3, 0.4) is 0 Å². The highest BCUT2D eigenvalue weighted by Crippen LogP contribution is 2.37. The summed E-state index contributed by atoms with van der Waals surface area (Å²) in [7, 11) is 0. The minimum Gasteiger partial charge on any atom is -0.0622 e. The first kappa shape index (κ1) is 14.5. The lowest BCUT2D eigenvalue weighted by Crippen LogP contribution is -1.95. The van der Waals surface area contributed by atoms with Gasteiger partial charge in [-0.05, 0) is 33.4 Å². The second-order valence-corrected chi connectivity index (χ2v) is 5.82. The molecular formula is C24H18. The fraction of sp³-hybridized carbons (Fsp3) is 0. The summed E-state index contributed by atoms with van der Waals surface area (Å²) in [5, 5.41) is 0. The number of benzene rings is 2. The Morgan fingerprint density at radius 2 is 1.12 bits per heavy atom. The molecule has 2 aliphatic rings. The molecule has 2 aromatic rings. The van der Waals surface area contributed by atoms with E-state index in [1.807, 2.05) is 0 Å². The van der Waals surface area contributed by atoms with Crippen LogP contribution >= 0.6 is 0 Å². The second-order valence-electron chi connectivity index (χ2n) is 5.82. The SMILES string of the molecule is C1=CC=C2C(=CC=CC=C2c2ccccc2-c2ccccc2)C=C1. The Bertz CT molecular complexity index is 929. The molecule has 0 spiro atoms. The van der Waals surface area contributed by atoms with Crippen molar-refractivity contribution in [3.63, 3.8) is 0 Å². The van der Waals surface area contributed by atoms with E-state index in [2.05, 4.69) is 109 Å². The molecule has 0 bridgehead atoms. The molecular weight excluding hydrogens is 288 g/mol. The lowest BCUT2D eigenvalue weighted by molar-refractivity contribution is 1.51. The van der Waals surface area contributed by atoms with Crippen molar-refractivity contribution in [3.8, 4) is 11.1 Å². The smallest absolute Gasteiger partial charge is 0.00992 e. The Hall–Kier alpha value is -3.12. The van der Waals surface area contributed by atoms with E-state index in [0.717, 1.165) is 0 Å². The molecule has 0 amide bonds. The molecule has 0 N–H and O–H groups in total. The maximum absolute atomic E-state index is 2.21. The molecule has 0 heteroatoms. The molecule has 0 heterocycles. The molecule has 2 aliphatic carbocycles. The van der Waals surface area contributed by atoms with Crippen LogP contribution in [-0.2, 0) is 0 Å². The lowest BCUT2D eigenvalue weighted by Gasteiger charge is -2.16. The van der Waals surface area contributed by atoms with E-state index < -0.39 is 0 Å². The van der Waals surface area contributed by atoms with E-state index in [1.165, 1.54) is 33.4 Å². The minimum absolute atomic E-state index is 1.24. The van der Waals surface area contributed by atoms with E-state index >= 15 is 0 Å². The maximum atomic E-state index is 2.21. The van der Waals surface area contributed by atoms with Gasteiger partial charge < -0.3 is 0 Å². The molecule has 114 valence electrons. The highest BCUT2D eigenvalue weighted by Gasteiger charge is 2.15. The quantitative estimate of drug-likeness (QED) is 0.612. The van der Waals surface area contributed by atoms with Crippen LogP contribution in [0.15, 0.2) is 120 Å². The fourth-order valence-corrected chi connectivity index (χ4v) is 3.17. The summed E-state index contributed by atoms with van der Waals surface area (Å²) in [4.78, 5) is 0.